The van der Waals surface area contributed by atoms with Gasteiger partial charge >= 0.3 is 0 Å². The van der Waals surface area contributed by atoms with Crippen LogP contribution in [-0.2, 0) is 4.74 Å². The maximum atomic E-state index is 5.22. The zero-order valence-electron chi connectivity index (χ0n) is 10.2. The molecule has 17 heavy (non-hydrogen) atoms. The Kier molecular flexibility index (Phi) is 5.88. The monoisotopic (exact) mass is 316 g/mol. The third kappa shape index (κ3) is 5.02. The maximum Gasteiger partial charge on any atom is 0.171 e. The summed E-state index contributed by atoms with van der Waals surface area (Å²) in [5.41, 5.74) is 2.16. The molecule has 3 nitrogen and oxygen atoms in total. The van der Waals surface area contributed by atoms with Gasteiger partial charge in [-0.1, -0.05) is 6.07 Å². The minimum Gasteiger partial charge on any atom is -0.383 e. The Morgan fingerprint density at radius 2 is 2.24 bits per heavy atom. The second-order valence-corrected chi connectivity index (χ2v) is 5.20. The summed E-state index contributed by atoms with van der Waals surface area (Å²) in [6.07, 6.45) is 0. The highest BCUT2D eigenvalue weighted by molar-refractivity contribution is 9.10. The van der Waals surface area contributed by atoms with Gasteiger partial charge in [0, 0.05) is 17.6 Å². The molecule has 2 N–H and O–H groups in total. The lowest BCUT2D eigenvalue weighted by Crippen LogP contribution is -2.38. The zero-order chi connectivity index (χ0) is 12.8. The third-order valence-electron chi connectivity index (χ3n) is 2.17. The molecule has 0 heterocycles. The number of halogens is 1. The molecule has 0 amide bonds. The van der Waals surface area contributed by atoms with Crippen LogP contribution in [0.2, 0.25) is 0 Å². The van der Waals surface area contributed by atoms with Crippen LogP contribution in [-0.4, -0.2) is 24.9 Å². The van der Waals surface area contributed by atoms with E-state index in [1.165, 1.54) is 5.56 Å². The molecule has 1 rings (SSSR count). The van der Waals surface area contributed by atoms with Gasteiger partial charge < -0.3 is 15.4 Å². The minimum atomic E-state index is 0.184. The van der Waals surface area contributed by atoms with Crippen LogP contribution in [0, 0.1) is 6.92 Å². The van der Waals surface area contributed by atoms with Crippen molar-refractivity contribution in [3.8, 4) is 0 Å². The maximum absolute atomic E-state index is 5.22. The molecule has 0 aromatic heterocycles. The van der Waals surface area contributed by atoms with Crippen LogP contribution in [0.3, 0.4) is 0 Å². The van der Waals surface area contributed by atoms with Crippen LogP contribution in [0.5, 0.6) is 0 Å². The highest BCUT2D eigenvalue weighted by Gasteiger charge is 2.05. The number of benzene rings is 1. The predicted octanol–water partition coefficient (Wildman–Crippen LogP) is 3.08. The highest BCUT2D eigenvalue weighted by atomic mass is 79.9. The molecule has 0 radical (unpaired) electrons. The summed E-state index contributed by atoms with van der Waals surface area (Å²) in [5.74, 6) is 0. The number of ether oxygens (including phenoxy) is 1. The lowest BCUT2D eigenvalue weighted by atomic mass is 10.2. The molecule has 5 heteroatoms. The minimum absolute atomic E-state index is 0.184. The Hall–Kier alpha value is -0.650. The average molecular weight is 317 g/mol. The first-order valence-corrected chi connectivity index (χ1v) is 6.55. The lowest BCUT2D eigenvalue weighted by molar-refractivity contribution is 0.179. The number of nitrogens with one attached hydrogen (secondary N) is 2. The first kappa shape index (κ1) is 14.4. The van der Waals surface area contributed by atoms with E-state index in [0.29, 0.717) is 11.7 Å². The Labute approximate surface area is 116 Å². The van der Waals surface area contributed by atoms with Gasteiger partial charge in [-0.05, 0) is 59.7 Å². The summed E-state index contributed by atoms with van der Waals surface area (Å²) in [6.45, 7) is 4.68. The van der Waals surface area contributed by atoms with Gasteiger partial charge in [0.05, 0.1) is 12.3 Å². The molecule has 0 aliphatic rings. The normalized spacial score (nSPS) is 12.0. The molecule has 0 bridgehead atoms. The fourth-order valence-electron chi connectivity index (χ4n) is 1.40. The van der Waals surface area contributed by atoms with Crippen molar-refractivity contribution in [3.63, 3.8) is 0 Å². The summed E-state index contributed by atoms with van der Waals surface area (Å²) in [6, 6.07) is 6.26. The summed E-state index contributed by atoms with van der Waals surface area (Å²) in [7, 11) is 1.67. The molecule has 0 aliphatic heterocycles. The number of thiocarbonyl (C=S) groups is 1. The van der Waals surface area contributed by atoms with E-state index < -0.39 is 0 Å². The largest absolute Gasteiger partial charge is 0.383 e. The van der Waals surface area contributed by atoms with E-state index in [-0.39, 0.29) is 6.04 Å². The number of hydrogen-bond donors (Lipinski definition) is 2. The van der Waals surface area contributed by atoms with Crippen molar-refractivity contribution in [2.75, 3.05) is 19.0 Å². The van der Waals surface area contributed by atoms with Crippen molar-refractivity contribution in [2.24, 2.45) is 0 Å². The molecule has 0 unspecified atom stereocenters. The van der Waals surface area contributed by atoms with Crippen molar-refractivity contribution in [3.05, 3.63) is 28.2 Å². The molecule has 0 aliphatic carbocycles. The van der Waals surface area contributed by atoms with Crippen molar-refractivity contribution < 1.29 is 4.74 Å². The second-order valence-electron chi connectivity index (χ2n) is 3.94. The van der Waals surface area contributed by atoms with E-state index in [2.05, 4.69) is 26.6 Å². The SMILES string of the molecule is COC[C@@H](C)NC(=S)Nc1ccc(C)cc1Br. The fraction of sp³-hybridized carbons (Fsp3) is 0.417. The van der Waals surface area contributed by atoms with Crippen LogP contribution >= 0.6 is 28.1 Å². The predicted molar refractivity (Wildman–Crippen MR) is 79.6 cm³/mol. The Balaban J connectivity index is 2.56. The zero-order valence-corrected chi connectivity index (χ0v) is 12.6. The number of aryl methyl sites for hydroxylation is 1. The fourth-order valence-corrected chi connectivity index (χ4v) is 2.30. The van der Waals surface area contributed by atoms with E-state index >= 15 is 0 Å². The summed E-state index contributed by atoms with van der Waals surface area (Å²) < 4.78 is 6.04. The second kappa shape index (κ2) is 6.93. The van der Waals surface area contributed by atoms with E-state index in [0.717, 1.165) is 10.2 Å². The van der Waals surface area contributed by atoms with Crippen LogP contribution < -0.4 is 10.6 Å². The van der Waals surface area contributed by atoms with Gasteiger partial charge in [-0.3, -0.25) is 0 Å². The van der Waals surface area contributed by atoms with E-state index in [1.54, 1.807) is 7.11 Å². The summed E-state index contributed by atoms with van der Waals surface area (Å²) in [4.78, 5) is 0. The first-order chi connectivity index (χ1) is 8.02. The van der Waals surface area contributed by atoms with Crippen LogP contribution in [0.25, 0.3) is 0 Å². The van der Waals surface area contributed by atoms with E-state index in [1.807, 2.05) is 32.0 Å². The summed E-state index contributed by atoms with van der Waals surface area (Å²) in [5, 5.41) is 6.89. The van der Waals surface area contributed by atoms with Gasteiger partial charge in [0.25, 0.3) is 0 Å². The van der Waals surface area contributed by atoms with Gasteiger partial charge in [0.1, 0.15) is 0 Å². The number of anilines is 1. The van der Waals surface area contributed by atoms with Gasteiger partial charge in [-0.2, -0.15) is 0 Å². The summed E-state index contributed by atoms with van der Waals surface area (Å²) >= 11 is 8.72. The third-order valence-corrected chi connectivity index (χ3v) is 3.04. The van der Waals surface area contributed by atoms with Crippen molar-refractivity contribution in [2.45, 2.75) is 19.9 Å². The highest BCUT2D eigenvalue weighted by Crippen LogP contribution is 2.23. The van der Waals surface area contributed by atoms with Gasteiger partial charge in [-0.25, -0.2) is 0 Å². The molecule has 0 saturated carbocycles. The van der Waals surface area contributed by atoms with Crippen molar-refractivity contribution in [1.82, 2.24) is 5.32 Å². The van der Waals surface area contributed by atoms with Gasteiger partial charge in [0.2, 0.25) is 0 Å². The molecular formula is C12H17BrN2OS. The van der Waals surface area contributed by atoms with Crippen LogP contribution in [0.15, 0.2) is 22.7 Å². The number of rotatable bonds is 4. The molecule has 94 valence electrons. The topological polar surface area (TPSA) is 33.3 Å². The van der Waals surface area contributed by atoms with Crippen LogP contribution in [0.4, 0.5) is 5.69 Å². The Morgan fingerprint density at radius 1 is 1.53 bits per heavy atom. The number of methoxy groups -OCH3 is 1. The quantitative estimate of drug-likeness (QED) is 0.836. The van der Waals surface area contributed by atoms with Crippen molar-refractivity contribution in [1.29, 1.82) is 0 Å². The van der Waals surface area contributed by atoms with Crippen molar-refractivity contribution >= 4 is 38.9 Å². The molecule has 1 aromatic carbocycles. The van der Waals surface area contributed by atoms with Crippen LogP contribution in [0.1, 0.15) is 12.5 Å². The average Bonchev–Trinajstić information content (AvgIpc) is 2.22. The molecule has 1 atom stereocenters. The smallest absolute Gasteiger partial charge is 0.171 e. The molecular weight excluding hydrogens is 300 g/mol. The molecule has 1 aromatic rings. The molecule has 0 fully saturated rings. The number of hydrogen-bond acceptors (Lipinski definition) is 2. The first-order valence-electron chi connectivity index (χ1n) is 5.35. The van der Waals surface area contributed by atoms with Gasteiger partial charge in [-0.15, -0.1) is 0 Å². The molecule has 0 spiro atoms. The molecule has 0 saturated heterocycles. The van der Waals surface area contributed by atoms with E-state index in [9.17, 15) is 0 Å². The van der Waals surface area contributed by atoms with E-state index in [4.69, 9.17) is 17.0 Å². The van der Waals surface area contributed by atoms with Gasteiger partial charge in [0.15, 0.2) is 5.11 Å². The standard InChI is InChI=1S/C12H17BrN2OS/c1-8-4-5-11(10(13)6-8)15-12(17)14-9(2)7-16-3/h4-6,9H,7H2,1-3H3,(H2,14,15,17)/t9-/m1/s1. The Morgan fingerprint density at radius 3 is 2.82 bits per heavy atom. The Bertz CT molecular complexity index is 398. The lowest BCUT2D eigenvalue weighted by Gasteiger charge is -2.17.